The average Bonchev–Trinajstić information content (AvgIpc) is 3.47. The maximum Gasteiger partial charge on any atom is 0.154 e. The molecule has 0 aliphatic carbocycles. The van der Waals surface area contributed by atoms with Crippen molar-refractivity contribution >= 4 is 55.2 Å². The largest absolute Gasteiger partial charge is 0.487 e. The third-order valence-corrected chi connectivity index (χ3v) is 10.2. The number of hydrogen-bond acceptors (Lipinski definition) is 9. The Morgan fingerprint density at radius 3 is 2.65 bits per heavy atom. The van der Waals surface area contributed by atoms with Gasteiger partial charge in [-0.2, -0.15) is 0 Å². The highest BCUT2D eigenvalue weighted by Crippen LogP contribution is 2.33. The summed E-state index contributed by atoms with van der Waals surface area (Å²) in [7, 11) is -3.17. The maximum atomic E-state index is 13.5. The monoisotopic (exact) mass is 640 g/mol. The van der Waals surface area contributed by atoms with Gasteiger partial charge in [0.1, 0.15) is 41.4 Å². The summed E-state index contributed by atoms with van der Waals surface area (Å²) in [6, 6.07) is 17.3. The van der Waals surface area contributed by atoms with Gasteiger partial charge in [-0.3, -0.25) is 0 Å². The van der Waals surface area contributed by atoms with Gasteiger partial charge in [0.2, 0.25) is 0 Å². The number of aromatic nitrogens is 3. The van der Waals surface area contributed by atoms with Gasteiger partial charge in [-0.15, -0.1) is 11.3 Å². The van der Waals surface area contributed by atoms with Crippen LogP contribution in [0.5, 0.6) is 5.75 Å². The molecule has 0 saturated heterocycles. The molecule has 12 heteroatoms. The number of nitrogens with zero attached hydrogens (tertiary/aromatic N) is 3. The second kappa shape index (κ2) is 13.3. The van der Waals surface area contributed by atoms with E-state index in [4.69, 9.17) is 26.1 Å². The van der Waals surface area contributed by atoms with Crippen LogP contribution in [0.1, 0.15) is 37.4 Å². The van der Waals surface area contributed by atoms with Crippen LogP contribution in [0.3, 0.4) is 0 Å². The van der Waals surface area contributed by atoms with Crippen LogP contribution in [0.15, 0.2) is 72.4 Å². The van der Waals surface area contributed by atoms with Crippen LogP contribution in [0.2, 0.25) is 5.02 Å². The van der Waals surface area contributed by atoms with Gasteiger partial charge in [0.15, 0.2) is 9.84 Å². The highest BCUT2D eigenvalue weighted by molar-refractivity contribution is 7.92. The first kappa shape index (κ1) is 30.8. The first-order valence-electron chi connectivity index (χ1n) is 13.6. The zero-order valence-corrected chi connectivity index (χ0v) is 26.1. The fourth-order valence-corrected chi connectivity index (χ4v) is 6.06. The highest BCUT2D eigenvalue weighted by atomic mass is 35.5. The Kier molecular flexibility index (Phi) is 9.55. The number of thiazole rings is 1. The normalized spacial score (nSPS) is 12.5. The summed E-state index contributed by atoms with van der Waals surface area (Å²) in [6.07, 6.45) is 1.15. The van der Waals surface area contributed by atoms with Crippen LogP contribution in [0.4, 0.5) is 15.9 Å². The number of nitrogens with one attached hydrogen (secondary N) is 1. The molecule has 5 rings (SSSR count). The zero-order chi connectivity index (χ0) is 30.6. The summed E-state index contributed by atoms with van der Waals surface area (Å²) < 4.78 is 49.2. The van der Waals surface area contributed by atoms with Crippen molar-refractivity contribution < 1.29 is 22.3 Å². The van der Waals surface area contributed by atoms with Crippen LogP contribution in [0.25, 0.3) is 22.2 Å². The second-order valence-corrected chi connectivity index (χ2v) is 14.1. The molecule has 3 aromatic carbocycles. The molecule has 8 nitrogen and oxygen atoms in total. The number of halogens is 2. The number of sulfone groups is 1. The quantitative estimate of drug-likeness (QED) is 0.148. The van der Waals surface area contributed by atoms with Gasteiger partial charge >= 0.3 is 0 Å². The van der Waals surface area contributed by atoms with Crippen molar-refractivity contribution in [1.82, 2.24) is 15.0 Å². The molecule has 5 aromatic rings. The van der Waals surface area contributed by atoms with Crippen molar-refractivity contribution in [2.24, 2.45) is 0 Å². The van der Waals surface area contributed by atoms with Crippen LogP contribution >= 0.6 is 22.9 Å². The Morgan fingerprint density at radius 2 is 1.88 bits per heavy atom. The Morgan fingerprint density at radius 1 is 1.05 bits per heavy atom. The van der Waals surface area contributed by atoms with E-state index in [1.54, 1.807) is 38.1 Å². The Balaban J connectivity index is 1.29. The SMILES string of the molecule is CC(OCCS(=O)(=O)C(C)C)c1nc(-c2ccc3ncnc(Nc4ccc(OCc5cccc(F)c5)c(Cl)c4)c3c2)cs1. The fraction of sp³-hybridized carbons (Fsp3) is 0.258. The standard InChI is InChI=1S/C31H30ClFN4O4S2/c1-19(2)43(38,39)12-11-40-20(3)31-37-28(17-42-31)22-7-9-27-25(14-22)30(35-18-34-27)36-24-8-10-29(26(32)15-24)41-16-21-5-4-6-23(33)13-21/h4-10,13-15,17-20H,11-12,16H2,1-3H3,(H,34,35,36). The van der Waals surface area contributed by atoms with E-state index in [-0.39, 0.29) is 30.9 Å². The van der Waals surface area contributed by atoms with E-state index in [0.717, 1.165) is 27.2 Å². The molecule has 0 bridgehead atoms. The van der Waals surface area contributed by atoms with Crippen molar-refractivity contribution in [3.63, 3.8) is 0 Å². The van der Waals surface area contributed by atoms with Gasteiger partial charge in [0, 0.05) is 22.0 Å². The third-order valence-electron chi connectivity index (χ3n) is 6.73. The number of anilines is 2. The van der Waals surface area contributed by atoms with Crippen molar-refractivity contribution in [2.75, 3.05) is 17.7 Å². The van der Waals surface area contributed by atoms with Crippen molar-refractivity contribution in [3.8, 4) is 17.0 Å². The number of benzene rings is 3. The number of rotatable bonds is 12. The lowest BCUT2D eigenvalue weighted by molar-refractivity contribution is 0.0775. The van der Waals surface area contributed by atoms with Gasteiger partial charge in [0.25, 0.3) is 0 Å². The number of fused-ring (bicyclic) bond motifs is 1. The number of hydrogen-bond donors (Lipinski definition) is 1. The van der Waals surface area contributed by atoms with Crippen LogP contribution in [-0.2, 0) is 21.2 Å². The number of ether oxygens (including phenoxy) is 2. The predicted octanol–water partition coefficient (Wildman–Crippen LogP) is 7.77. The highest BCUT2D eigenvalue weighted by Gasteiger charge is 2.18. The van der Waals surface area contributed by atoms with E-state index >= 15 is 0 Å². The first-order chi connectivity index (χ1) is 20.6. The molecule has 0 spiro atoms. The van der Waals surface area contributed by atoms with Gasteiger partial charge in [-0.1, -0.05) is 29.8 Å². The molecule has 0 radical (unpaired) electrons. The topological polar surface area (TPSA) is 103 Å². The minimum atomic E-state index is -3.17. The molecule has 0 aliphatic rings. The lowest BCUT2D eigenvalue weighted by atomic mass is 10.1. The molecule has 1 atom stereocenters. The lowest BCUT2D eigenvalue weighted by Gasteiger charge is -2.12. The molecule has 0 aliphatic heterocycles. The molecule has 0 amide bonds. The fourth-order valence-electron chi connectivity index (χ4n) is 4.19. The molecule has 0 fully saturated rings. The molecule has 2 heterocycles. The molecular weight excluding hydrogens is 611 g/mol. The van der Waals surface area contributed by atoms with Crippen LogP contribution < -0.4 is 10.1 Å². The van der Waals surface area contributed by atoms with E-state index in [9.17, 15) is 12.8 Å². The molecule has 43 heavy (non-hydrogen) atoms. The summed E-state index contributed by atoms with van der Waals surface area (Å²) in [5.41, 5.74) is 3.80. The summed E-state index contributed by atoms with van der Waals surface area (Å²) in [5, 5.41) is 6.77. The molecule has 224 valence electrons. The molecule has 1 N–H and O–H groups in total. The minimum absolute atomic E-state index is 0.0242. The molecular formula is C31H30ClFN4O4S2. The summed E-state index contributed by atoms with van der Waals surface area (Å²) in [6.45, 7) is 5.50. The Labute approximate surface area is 258 Å². The smallest absolute Gasteiger partial charge is 0.154 e. The minimum Gasteiger partial charge on any atom is -0.487 e. The molecule has 0 saturated carbocycles. The Hall–Kier alpha value is -3.64. The van der Waals surface area contributed by atoms with Crippen LogP contribution in [-0.4, -0.2) is 41.0 Å². The zero-order valence-electron chi connectivity index (χ0n) is 23.8. The van der Waals surface area contributed by atoms with E-state index in [1.807, 2.05) is 36.6 Å². The van der Waals surface area contributed by atoms with Crippen molar-refractivity contribution in [2.45, 2.75) is 38.7 Å². The van der Waals surface area contributed by atoms with Gasteiger partial charge in [-0.25, -0.2) is 27.8 Å². The predicted molar refractivity (Wildman–Crippen MR) is 169 cm³/mol. The summed E-state index contributed by atoms with van der Waals surface area (Å²) in [5.74, 6) is 0.724. The van der Waals surface area contributed by atoms with Crippen LogP contribution in [0, 0.1) is 5.82 Å². The summed E-state index contributed by atoms with van der Waals surface area (Å²) in [4.78, 5) is 13.6. The first-order valence-corrected chi connectivity index (χ1v) is 16.5. The van der Waals surface area contributed by atoms with Gasteiger partial charge < -0.3 is 14.8 Å². The summed E-state index contributed by atoms with van der Waals surface area (Å²) >= 11 is 7.95. The molecule has 1 unspecified atom stereocenters. The van der Waals surface area contributed by atoms with Crippen molar-refractivity contribution in [3.05, 3.63) is 93.8 Å². The van der Waals surface area contributed by atoms with Gasteiger partial charge in [0.05, 0.1) is 33.8 Å². The second-order valence-electron chi connectivity index (χ2n) is 10.1. The van der Waals surface area contributed by atoms with E-state index in [1.165, 1.54) is 29.8 Å². The van der Waals surface area contributed by atoms with E-state index in [2.05, 4.69) is 15.3 Å². The van der Waals surface area contributed by atoms with Crippen molar-refractivity contribution in [1.29, 1.82) is 0 Å². The maximum absolute atomic E-state index is 13.5. The lowest BCUT2D eigenvalue weighted by Crippen LogP contribution is -2.21. The third kappa shape index (κ3) is 7.66. The Bertz CT molecular complexity index is 1850. The molecule has 2 aromatic heterocycles. The van der Waals surface area contributed by atoms with Gasteiger partial charge in [-0.05, 0) is 68.8 Å². The van der Waals surface area contributed by atoms with E-state index < -0.39 is 15.1 Å². The van der Waals surface area contributed by atoms with E-state index in [0.29, 0.717) is 27.8 Å². The average molecular weight is 641 g/mol.